The zero-order valence-electron chi connectivity index (χ0n) is 22.3. The molecule has 0 bridgehead atoms. The number of aromatic nitrogens is 3. The van der Waals surface area contributed by atoms with E-state index < -0.39 is 12.3 Å². The van der Waals surface area contributed by atoms with Crippen LogP contribution in [0.1, 0.15) is 63.8 Å². The summed E-state index contributed by atoms with van der Waals surface area (Å²) in [5.74, 6) is 0.972. The van der Waals surface area contributed by atoms with Crippen LogP contribution in [0, 0.1) is 0 Å². The summed E-state index contributed by atoms with van der Waals surface area (Å²) < 4.78 is 16.5. The molecule has 0 saturated carbocycles. The van der Waals surface area contributed by atoms with Crippen LogP contribution in [0.25, 0.3) is 22.5 Å². The van der Waals surface area contributed by atoms with Gasteiger partial charge in [-0.1, -0.05) is 31.9 Å². The molecule has 3 aromatic rings. The maximum atomic E-state index is 12.8. The zero-order valence-corrected chi connectivity index (χ0v) is 22.3. The molecule has 1 N–H and O–H groups in total. The number of ketones is 1. The monoisotopic (exact) mass is 525 g/mol. The van der Waals surface area contributed by atoms with Gasteiger partial charge in [0, 0.05) is 24.3 Å². The molecule has 0 spiro atoms. The van der Waals surface area contributed by atoms with Crippen LogP contribution < -0.4 is 10.1 Å². The number of hydrogen-bond donors (Lipinski definition) is 1. The molecule has 3 rings (SSSR count). The highest BCUT2D eigenvalue weighted by Gasteiger charge is 2.25. The number of carbonyl (C=O) groups excluding carboxylic acids is 3. The Kier molecular flexibility index (Phi) is 10.7. The molecule has 2 aromatic heterocycles. The van der Waals surface area contributed by atoms with Gasteiger partial charge in [0.25, 0.3) is 12.4 Å². The molecule has 204 valence electrons. The smallest absolute Gasteiger partial charge is 0.294 e. The minimum atomic E-state index is -0.708. The number of ether oxygens (including phenoxy) is 2. The van der Waals surface area contributed by atoms with Crippen molar-refractivity contribution in [3.63, 3.8) is 0 Å². The van der Waals surface area contributed by atoms with Gasteiger partial charge in [-0.05, 0) is 39.1 Å². The third-order valence-electron chi connectivity index (χ3n) is 6.18. The number of fused-ring (bicyclic) bond motifs is 1. The van der Waals surface area contributed by atoms with E-state index in [0.29, 0.717) is 37.2 Å². The Bertz CT molecular complexity index is 1230. The summed E-state index contributed by atoms with van der Waals surface area (Å²) in [6.45, 7) is 2.18. The molecule has 0 radical (unpaired) electrons. The van der Waals surface area contributed by atoms with Gasteiger partial charge in [-0.25, -0.2) is 4.98 Å². The number of hydrogen-bond acceptors (Lipinski definition) is 10. The van der Waals surface area contributed by atoms with Crippen molar-refractivity contribution in [3.8, 4) is 17.3 Å². The summed E-state index contributed by atoms with van der Waals surface area (Å²) >= 11 is 0. The van der Waals surface area contributed by atoms with Crippen molar-refractivity contribution in [2.24, 2.45) is 0 Å². The maximum Gasteiger partial charge on any atom is 0.294 e. The van der Waals surface area contributed by atoms with Crippen LogP contribution in [0.5, 0.6) is 5.75 Å². The van der Waals surface area contributed by atoms with Crippen LogP contribution in [0.4, 0.5) is 0 Å². The SMILES string of the molecule is CCC(=O)CCCCC[C@H](NC(=O)CC(OC=O)N(C)C)c1nnc(-c2cc(OC)c3ccccc3n2)o1. The van der Waals surface area contributed by atoms with Crippen LogP contribution in [-0.2, 0) is 19.1 Å². The molecule has 11 heteroatoms. The molecule has 2 heterocycles. The summed E-state index contributed by atoms with van der Waals surface area (Å²) in [6, 6.07) is 8.74. The van der Waals surface area contributed by atoms with Crippen molar-refractivity contribution in [1.82, 2.24) is 25.4 Å². The van der Waals surface area contributed by atoms with Gasteiger partial charge in [0.05, 0.1) is 19.0 Å². The Morgan fingerprint density at radius 3 is 2.66 bits per heavy atom. The molecule has 11 nitrogen and oxygen atoms in total. The van der Waals surface area contributed by atoms with Crippen molar-refractivity contribution in [3.05, 3.63) is 36.2 Å². The Morgan fingerprint density at radius 2 is 1.95 bits per heavy atom. The predicted octanol–water partition coefficient (Wildman–Crippen LogP) is 3.83. The molecule has 0 aliphatic carbocycles. The average Bonchev–Trinajstić information content (AvgIpc) is 3.41. The number of unbranched alkanes of at least 4 members (excludes halogenated alkanes) is 2. The van der Waals surface area contributed by atoms with E-state index >= 15 is 0 Å². The maximum absolute atomic E-state index is 12.8. The lowest BCUT2D eigenvalue weighted by molar-refractivity contribution is -0.144. The van der Waals surface area contributed by atoms with E-state index in [1.807, 2.05) is 31.2 Å². The Labute approximate surface area is 221 Å². The fourth-order valence-electron chi connectivity index (χ4n) is 4.01. The molecule has 1 amide bonds. The first-order valence-corrected chi connectivity index (χ1v) is 12.7. The van der Waals surface area contributed by atoms with Crippen molar-refractivity contribution in [1.29, 1.82) is 0 Å². The second-order valence-corrected chi connectivity index (χ2v) is 9.14. The van der Waals surface area contributed by atoms with Gasteiger partial charge in [-0.3, -0.25) is 19.3 Å². The van der Waals surface area contributed by atoms with Gasteiger partial charge in [0.15, 0.2) is 6.23 Å². The van der Waals surface area contributed by atoms with Gasteiger partial charge in [-0.15, -0.1) is 10.2 Å². The molecule has 0 fully saturated rings. The third-order valence-corrected chi connectivity index (χ3v) is 6.18. The number of rotatable bonds is 16. The van der Waals surface area contributed by atoms with E-state index in [-0.39, 0.29) is 29.9 Å². The number of methoxy groups -OCH3 is 1. The van der Waals surface area contributed by atoms with Gasteiger partial charge in [0.1, 0.15) is 23.3 Å². The highest BCUT2D eigenvalue weighted by Crippen LogP contribution is 2.30. The fraction of sp³-hybridized carbons (Fsp3) is 0.481. The third kappa shape index (κ3) is 7.82. The second-order valence-electron chi connectivity index (χ2n) is 9.14. The highest BCUT2D eigenvalue weighted by molar-refractivity contribution is 5.87. The largest absolute Gasteiger partial charge is 0.496 e. The molecule has 1 unspecified atom stereocenters. The fourth-order valence-corrected chi connectivity index (χ4v) is 4.01. The lowest BCUT2D eigenvalue weighted by Crippen LogP contribution is -2.38. The van der Waals surface area contributed by atoms with E-state index in [1.54, 1.807) is 32.2 Å². The minimum absolute atomic E-state index is 0.0579. The quantitative estimate of drug-likeness (QED) is 0.167. The van der Waals surface area contributed by atoms with Crippen molar-refractivity contribution >= 4 is 29.1 Å². The Morgan fingerprint density at radius 1 is 1.16 bits per heavy atom. The lowest BCUT2D eigenvalue weighted by Gasteiger charge is -2.23. The standard InChI is InChI=1S/C27H35N5O6/c1-5-18(34)11-7-6-8-14-21(29-24(35)16-25(32(2)3)37-17-33)26-30-31-27(38-26)22-15-23(36-4)19-12-9-10-13-20(19)28-22/h9-10,12-13,15,17,21,25H,5-8,11,14,16H2,1-4H3,(H,29,35)/t21-,25?/m0/s1. The second kappa shape index (κ2) is 14.2. The van der Waals surface area contributed by atoms with Crippen LogP contribution in [-0.4, -0.2) is 65.7 Å². The normalized spacial score (nSPS) is 12.8. The van der Waals surface area contributed by atoms with Crippen molar-refractivity contribution in [2.75, 3.05) is 21.2 Å². The van der Waals surface area contributed by atoms with Crippen LogP contribution in [0.2, 0.25) is 0 Å². The van der Waals surface area contributed by atoms with E-state index in [9.17, 15) is 14.4 Å². The molecule has 38 heavy (non-hydrogen) atoms. The van der Waals surface area contributed by atoms with E-state index in [2.05, 4.69) is 20.5 Å². The lowest BCUT2D eigenvalue weighted by atomic mass is 10.0. The molecule has 0 aliphatic heterocycles. The number of nitrogens with one attached hydrogen (secondary N) is 1. The number of benzene rings is 1. The van der Waals surface area contributed by atoms with Gasteiger partial charge < -0.3 is 19.2 Å². The molecular formula is C27H35N5O6. The van der Waals surface area contributed by atoms with Crippen molar-refractivity contribution < 1.29 is 28.3 Å². The number of para-hydroxylation sites is 1. The number of Topliss-reactive ketones (excluding diaryl/α,β-unsaturated/α-hetero) is 1. The molecule has 0 saturated heterocycles. The summed E-state index contributed by atoms with van der Waals surface area (Å²) in [7, 11) is 5.01. The molecule has 0 aliphatic rings. The summed E-state index contributed by atoms with van der Waals surface area (Å²) in [6.07, 6.45) is 3.18. The van der Waals surface area contributed by atoms with Crippen LogP contribution in [0.15, 0.2) is 34.7 Å². The molecule has 1 aromatic carbocycles. The summed E-state index contributed by atoms with van der Waals surface area (Å²) in [5, 5.41) is 12.2. The molecule has 2 atom stereocenters. The van der Waals surface area contributed by atoms with Crippen LogP contribution in [0.3, 0.4) is 0 Å². The number of carbonyl (C=O) groups is 3. The zero-order chi connectivity index (χ0) is 27.5. The first-order chi connectivity index (χ1) is 18.4. The Hall–Kier alpha value is -3.86. The first kappa shape index (κ1) is 28.7. The highest BCUT2D eigenvalue weighted by atomic mass is 16.5. The predicted molar refractivity (Wildman–Crippen MR) is 140 cm³/mol. The number of pyridine rings is 1. The topological polar surface area (TPSA) is 137 Å². The van der Waals surface area contributed by atoms with E-state index in [4.69, 9.17) is 13.9 Å². The Balaban J connectivity index is 1.79. The first-order valence-electron chi connectivity index (χ1n) is 12.7. The number of nitrogens with zero attached hydrogens (tertiary/aromatic N) is 4. The summed E-state index contributed by atoms with van der Waals surface area (Å²) in [4.78, 5) is 41.5. The van der Waals surface area contributed by atoms with E-state index in [1.165, 1.54) is 0 Å². The number of amides is 1. The minimum Gasteiger partial charge on any atom is -0.496 e. The summed E-state index contributed by atoms with van der Waals surface area (Å²) in [5.41, 5.74) is 1.17. The molecular weight excluding hydrogens is 490 g/mol. The van der Waals surface area contributed by atoms with Gasteiger partial charge in [0.2, 0.25) is 11.8 Å². The van der Waals surface area contributed by atoms with Crippen LogP contribution >= 0.6 is 0 Å². The van der Waals surface area contributed by atoms with Gasteiger partial charge in [-0.2, -0.15) is 0 Å². The van der Waals surface area contributed by atoms with E-state index in [0.717, 1.165) is 30.2 Å². The average molecular weight is 526 g/mol. The van der Waals surface area contributed by atoms with Crippen molar-refractivity contribution in [2.45, 2.75) is 64.1 Å². The van der Waals surface area contributed by atoms with Gasteiger partial charge >= 0.3 is 0 Å².